The number of hydrogen-bond acceptors (Lipinski definition) is 3. The molecule has 148 valence electrons. The van der Waals surface area contributed by atoms with Crippen molar-refractivity contribution in [1.29, 1.82) is 0 Å². The Bertz CT molecular complexity index is 850. The van der Waals surface area contributed by atoms with Crippen LogP contribution in [0.4, 0.5) is 0 Å². The summed E-state index contributed by atoms with van der Waals surface area (Å²) in [6.07, 6.45) is 5.15. The van der Waals surface area contributed by atoms with Crippen LogP contribution in [0.25, 0.3) is 0 Å². The highest BCUT2D eigenvalue weighted by Gasteiger charge is 2.48. The zero-order valence-electron chi connectivity index (χ0n) is 16.0. The van der Waals surface area contributed by atoms with E-state index in [4.69, 9.17) is 4.42 Å². The average molecular weight is 445 g/mol. The monoisotopic (exact) mass is 444 g/mol. The lowest BCUT2D eigenvalue weighted by molar-refractivity contribution is -0.135. The van der Waals surface area contributed by atoms with Crippen molar-refractivity contribution in [3.63, 3.8) is 0 Å². The summed E-state index contributed by atoms with van der Waals surface area (Å²) in [7, 11) is 1.78. The number of fused-ring (bicyclic) bond motifs is 1. The smallest absolute Gasteiger partial charge is 0.254 e. The van der Waals surface area contributed by atoms with E-state index in [1.807, 2.05) is 47.4 Å². The van der Waals surface area contributed by atoms with Gasteiger partial charge in [-0.2, -0.15) is 0 Å². The van der Waals surface area contributed by atoms with Crippen LogP contribution in [-0.2, 0) is 11.3 Å². The lowest BCUT2D eigenvalue weighted by Crippen LogP contribution is -2.49. The zero-order valence-corrected chi connectivity index (χ0v) is 17.6. The van der Waals surface area contributed by atoms with Crippen molar-refractivity contribution in [3.8, 4) is 0 Å². The van der Waals surface area contributed by atoms with Gasteiger partial charge < -0.3 is 14.2 Å². The molecule has 0 N–H and O–H groups in total. The first-order valence-electron chi connectivity index (χ1n) is 9.91. The topological polar surface area (TPSA) is 53.8 Å². The van der Waals surface area contributed by atoms with Crippen LogP contribution in [0.5, 0.6) is 0 Å². The van der Waals surface area contributed by atoms with Gasteiger partial charge in [-0.25, -0.2) is 0 Å². The number of amides is 2. The van der Waals surface area contributed by atoms with Gasteiger partial charge in [-0.05, 0) is 65.4 Å². The van der Waals surface area contributed by atoms with E-state index in [0.717, 1.165) is 31.4 Å². The standard InChI is InChI=1S/C22H25BrN2O3/c1-24(14-17-11-12-20(23)28-17)22(27)19-13-16-9-5-6-10-18(16)25(19)21(26)15-7-3-2-4-8-15/h2-4,7-8,11-12,16,18-19H,5-6,9-10,13-14H2,1H3. The summed E-state index contributed by atoms with van der Waals surface area (Å²) >= 11 is 3.30. The first-order chi connectivity index (χ1) is 13.5. The summed E-state index contributed by atoms with van der Waals surface area (Å²) in [5, 5.41) is 0. The van der Waals surface area contributed by atoms with E-state index in [1.54, 1.807) is 11.9 Å². The third-order valence-electron chi connectivity index (χ3n) is 6.03. The minimum atomic E-state index is -0.399. The summed E-state index contributed by atoms with van der Waals surface area (Å²) in [5.41, 5.74) is 0.657. The van der Waals surface area contributed by atoms with Crippen molar-refractivity contribution < 1.29 is 14.0 Å². The summed E-state index contributed by atoms with van der Waals surface area (Å²) < 4.78 is 6.20. The van der Waals surface area contributed by atoms with Crippen molar-refractivity contribution in [1.82, 2.24) is 9.80 Å². The van der Waals surface area contributed by atoms with Crippen LogP contribution in [-0.4, -0.2) is 40.7 Å². The summed E-state index contributed by atoms with van der Waals surface area (Å²) in [4.78, 5) is 30.2. The van der Waals surface area contributed by atoms with Gasteiger partial charge >= 0.3 is 0 Å². The minimum Gasteiger partial charge on any atom is -0.452 e. The Hall–Kier alpha value is -2.08. The lowest BCUT2D eigenvalue weighted by atomic mass is 9.84. The van der Waals surface area contributed by atoms with E-state index in [0.29, 0.717) is 22.7 Å². The average Bonchev–Trinajstić information content (AvgIpc) is 3.30. The number of furan rings is 1. The van der Waals surface area contributed by atoms with Gasteiger partial charge in [0.05, 0.1) is 6.54 Å². The molecule has 1 aromatic heterocycles. The molecule has 3 atom stereocenters. The predicted molar refractivity (Wildman–Crippen MR) is 110 cm³/mol. The van der Waals surface area contributed by atoms with Gasteiger partial charge in [0, 0.05) is 18.7 Å². The Morgan fingerprint density at radius 2 is 1.89 bits per heavy atom. The fourth-order valence-electron chi connectivity index (χ4n) is 4.71. The van der Waals surface area contributed by atoms with E-state index in [-0.39, 0.29) is 17.9 Å². The molecule has 4 rings (SSSR count). The Labute approximate surface area is 173 Å². The molecule has 1 aliphatic heterocycles. The van der Waals surface area contributed by atoms with Crippen molar-refractivity contribution in [2.24, 2.45) is 5.92 Å². The molecule has 2 aromatic rings. The number of carbonyl (C=O) groups excluding carboxylic acids is 2. The van der Waals surface area contributed by atoms with Crippen molar-refractivity contribution >= 4 is 27.7 Å². The largest absolute Gasteiger partial charge is 0.452 e. The molecule has 0 radical (unpaired) electrons. The first-order valence-corrected chi connectivity index (χ1v) is 10.7. The number of likely N-dealkylation sites (N-methyl/N-ethyl adjacent to an activating group) is 1. The lowest BCUT2D eigenvalue weighted by Gasteiger charge is -2.34. The predicted octanol–water partition coefficient (Wildman–Crippen LogP) is 4.47. The highest BCUT2D eigenvalue weighted by molar-refractivity contribution is 9.10. The summed E-state index contributed by atoms with van der Waals surface area (Å²) in [6, 6.07) is 12.8. The molecular formula is C22H25BrN2O3. The molecule has 2 fully saturated rings. The molecule has 2 heterocycles. The maximum Gasteiger partial charge on any atom is 0.254 e. The highest BCUT2D eigenvalue weighted by atomic mass is 79.9. The quantitative estimate of drug-likeness (QED) is 0.698. The van der Waals surface area contributed by atoms with Gasteiger partial charge in [0.1, 0.15) is 11.8 Å². The van der Waals surface area contributed by atoms with E-state index in [2.05, 4.69) is 15.9 Å². The normalized spacial score (nSPS) is 24.1. The van der Waals surface area contributed by atoms with Crippen LogP contribution in [0.3, 0.4) is 0 Å². The van der Waals surface area contributed by atoms with Gasteiger partial charge in [0.15, 0.2) is 4.67 Å². The first kappa shape index (κ1) is 19.2. The van der Waals surface area contributed by atoms with Gasteiger partial charge in [0.2, 0.25) is 5.91 Å². The molecule has 3 unspecified atom stereocenters. The number of likely N-dealkylation sites (tertiary alicyclic amines) is 1. The maximum absolute atomic E-state index is 13.3. The maximum atomic E-state index is 13.3. The molecule has 6 heteroatoms. The number of halogens is 1. The molecule has 28 heavy (non-hydrogen) atoms. The molecule has 1 aromatic carbocycles. The Morgan fingerprint density at radius 3 is 2.61 bits per heavy atom. The van der Waals surface area contributed by atoms with E-state index in [1.165, 1.54) is 6.42 Å². The second-order valence-corrected chi connectivity index (χ2v) is 8.62. The number of hydrogen-bond donors (Lipinski definition) is 0. The Kier molecular flexibility index (Phi) is 5.58. The van der Waals surface area contributed by atoms with Gasteiger partial charge in [0.25, 0.3) is 5.91 Å². The van der Waals surface area contributed by atoms with Crippen LogP contribution in [0.2, 0.25) is 0 Å². The number of benzene rings is 1. The third-order valence-corrected chi connectivity index (χ3v) is 6.45. The van der Waals surface area contributed by atoms with Crippen LogP contribution in [0.1, 0.15) is 48.2 Å². The molecule has 1 saturated carbocycles. The highest BCUT2D eigenvalue weighted by Crippen LogP contribution is 2.41. The summed E-state index contributed by atoms with van der Waals surface area (Å²) in [6.45, 7) is 0.392. The van der Waals surface area contributed by atoms with Crippen LogP contribution >= 0.6 is 15.9 Å². The number of nitrogens with zero attached hydrogens (tertiary/aromatic N) is 2. The van der Waals surface area contributed by atoms with Crippen molar-refractivity contribution in [3.05, 3.63) is 58.5 Å². The van der Waals surface area contributed by atoms with Gasteiger partial charge in [-0.3, -0.25) is 9.59 Å². The van der Waals surface area contributed by atoms with Crippen LogP contribution in [0, 0.1) is 5.92 Å². The molecule has 1 saturated heterocycles. The molecule has 2 amide bonds. The Balaban J connectivity index is 1.57. The minimum absolute atomic E-state index is 0.00814. The van der Waals surface area contributed by atoms with E-state index in [9.17, 15) is 9.59 Å². The molecule has 0 bridgehead atoms. The molecule has 0 spiro atoms. The van der Waals surface area contributed by atoms with Crippen molar-refractivity contribution in [2.45, 2.75) is 50.7 Å². The second-order valence-electron chi connectivity index (χ2n) is 7.84. The SMILES string of the molecule is CN(Cc1ccc(Br)o1)C(=O)C1CC2CCCCC2N1C(=O)c1ccccc1. The van der Waals surface area contributed by atoms with Crippen LogP contribution < -0.4 is 0 Å². The molecule has 1 aliphatic carbocycles. The molecule has 5 nitrogen and oxygen atoms in total. The number of rotatable bonds is 4. The van der Waals surface area contributed by atoms with Gasteiger partial charge in [-0.15, -0.1) is 0 Å². The molecular weight excluding hydrogens is 420 g/mol. The second kappa shape index (κ2) is 8.11. The van der Waals surface area contributed by atoms with E-state index >= 15 is 0 Å². The molecule has 2 aliphatic rings. The fraction of sp³-hybridized carbons (Fsp3) is 0.455. The third kappa shape index (κ3) is 3.75. The fourth-order valence-corrected chi connectivity index (χ4v) is 5.05. The summed E-state index contributed by atoms with van der Waals surface area (Å²) in [5.74, 6) is 1.11. The van der Waals surface area contributed by atoms with Crippen LogP contribution in [0.15, 0.2) is 51.6 Å². The Morgan fingerprint density at radius 1 is 1.14 bits per heavy atom. The zero-order chi connectivity index (χ0) is 19.7. The van der Waals surface area contributed by atoms with Gasteiger partial charge in [-0.1, -0.05) is 31.0 Å². The number of carbonyl (C=O) groups is 2. The van der Waals surface area contributed by atoms with Crippen molar-refractivity contribution in [2.75, 3.05) is 7.05 Å². The van der Waals surface area contributed by atoms with E-state index < -0.39 is 6.04 Å².